The average molecular weight is 359 g/mol. The Bertz CT molecular complexity index is 1050. The molecule has 7 heteroatoms. The minimum absolute atomic E-state index is 0.314. The molecule has 0 radical (unpaired) electrons. The minimum atomic E-state index is 0.314. The molecule has 0 atom stereocenters. The van der Waals surface area contributed by atoms with Crippen molar-refractivity contribution in [1.82, 2.24) is 15.1 Å². The van der Waals surface area contributed by atoms with Crippen LogP contribution < -0.4 is 16.2 Å². The van der Waals surface area contributed by atoms with Crippen LogP contribution in [0.5, 0.6) is 11.5 Å². The number of hydrogen-bond donors (Lipinski definition) is 2. The molecular weight excluding hydrogens is 342 g/mol. The van der Waals surface area contributed by atoms with Crippen LogP contribution in [0.4, 0.5) is 11.6 Å². The Balaban J connectivity index is 1.46. The van der Waals surface area contributed by atoms with E-state index in [4.69, 9.17) is 20.7 Å². The maximum absolute atomic E-state index is 5.90. The van der Waals surface area contributed by atoms with Crippen molar-refractivity contribution in [2.45, 2.75) is 6.42 Å². The van der Waals surface area contributed by atoms with E-state index in [0.717, 1.165) is 17.0 Å². The summed E-state index contributed by atoms with van der Waals surface area (Å²) in [5.74, 6) is 2.68. The lowest BCUT2D eigenvalue weighted by Gasteiger charge is -2.05. The van der Waals surface area contributed by atoms with E-state index in [0.29, 0.717) is 35.1 Å². The maximum atomic E-state index is 5.90. The second kappa shape index (κ2) is 7.17. The molecule has 0 fully saturated rings. The fraction of sp³-hybridized carbons (Fsp3) is 0.0500. The van der Waals surface area contributed by atoms with Gasteiger partial charge >= 0.3 is 0 Å². The predicted octanol–water partition coefficient (Wildman–Crippen LogP) is 3.68. The number of ether oxygens (including phenoxy) is 1. The minimum Gasteiger partial charge on any atom is -0.456 e. The van der Waals surface area contributed by atoms with Crippen LogP contribution in [0.2, 0.25) is 0 Å². The molecule has 1 aromatic carbocycles. The lowest BCUT2D eigenvalue weighted by molar-refractivity contribution is 0.425. The highest BCUT2D eigenvalue weighted by Gasteiger charge is 2.11. The third-order valence-corrected chi connectivity index (χ3v) is 3.95. The Labute approximate surface area is 155 Å². The average Bonchev–Trinajstić information content (AvgIpc) is 3.12. The molecule has 0 spiro atoms. The van der Waals surface area contributed by atoms with Crippen LogP contribution in [-0.4, -0.2) is 15.1 Å². The van der Waals surface area contributed by atoms with E-state index in [2.05, 4.69) is 15.1 Å². The first kappa shape index (κ1) is 16.6. The number of nitrogens with zero attached hydrogens (tertiary/aromatic N) is 3. The Kier molecular flexibility index (Phi) is 4.40. The maximum Gasteiger partial charge on any atom is 0.170 e. The van der Waals surface area contributed by atoms with Crippen LogP contribution in [0.25, 0.3) is 11.3 Å². The summed E-state index contributed by atoms with van der Waals surface area (Å²) in [4.78, 5) is 8.07. The van der Waals surface area contributed by atoms with Gasteiger partial charge < -0.3 is 20.7 Å². The SMILES string of the molecule is Nc1ccc(-c2cc(Cc3ccc(Oc4cccnc4)cc3)no2)c(N)n1. The van der Waals surface area contributed by atoms with Crippen molar-refractivity contribution >= 4 is 11.6 Å². The van der Waals surface area contributed by atoms with Gasteiger partial charge in [0.15, 0.2) is 5.76 Å². The fourth-order valence-electron chi connectivity index (χ4n) is 2.65. The summed E-state index contributed by atoms with van der Waals surface area (Å²) >= 11 is 0. The van der Waals surface area contributed by atoms with Gasteiger partial charge in [-0.15, -0.1) is 0 Å². The molecule has 4 aromatic rings. The number of nitrogens with two attached hydrogens (primary N) is 2. The molecule has 0 aliphatic rings. The van der Waals surface area contributed by atoms with Crippen LogP contribution in [0.15, 0.2) is 71.5 Å². The summed E-state index contributed by atoms with van der Waals surface area (Å²) in [6.07, 6.45) is 4.00. The van der Waals surface area contributed by atoms with Crippen molar-refractivity contribution in [1.29, 1.82) is 0 Å². The number of rotatable bonds is 5. The van der Waals surface area contributed by atoms with Gasteiger partial charge in [-0.25, -0.2) is 4.98 Å². The van der Waals surface area contributed by atoms with E-state index in [1.807, 2.05) is 42.5 Å². The van der Waals surface area contributed by atoms with Crippen LogP contribution in [0.3, 0.4) is 0 Å². The number of aromatic nitrogens is 3. The van der Waals surface area contributed by atoms with E-state index < -0.39 is 0 Å². The van der Waals surface area contributed by atoms with Gasteiger partial charge in [-0.1, -0.05) is 17.3 Å². The number of benzene rings is 1. The Morgan fingerprint density at radius 2 is 1.81 bits per heavy atom. The summed E-state index contributed by atoms with van der Waals surface area (Å²) in [5, 5.41) is 4.11. The first-order valence-electron chi connectivity index (χ1n) is 8.32. The summed E-state index contributed by atoms with van der Waals surface area (Å²) in [6.45, 7) is 0. The Morgan fingerprint density at radius 1 is 0.963 bits per heavy atom. The quantitative estimate of drug-likeness (QED) is 0.559. The Morgan fingerprint density at radius 3 is 2.56 bits per heavy atom. The largest absolute Gasteiger partial charge is 0.456 e. The molecule has 3 aromatic heterocycles. The van der Waals surface area contributed by atoms with Crippen molar-refractivity contribution in [3.63, 3.8) is 0 Å². The van der Waals surface area contributed by atoms with Gasteiger partial charge in [0, 0.05) is 18.7 Å². The Hall–Kier alpha value is -3.87. The molecule has 0 saturated heterocycles. The summed E-state index contributed by atoms with van der Waals surface area (Å²) in [5.41, 5.74) is 14.1. The predicted molar refractivity (Wildman–Crippen MR) is 102 cm³/mol. The number of nitrogen functional groups attached to an aromatic ring is 2. The lowest BCUT2D eigenvalue weighted by Crippen LogP contribution is -1.97. The highest BCUT2D eigenvalue weighted by atomic mass is 16.5. The van der Waals surface area contributed by atoms with Crippen LogP contribution in [0.1, 0.15) is 11.3 Å². The van der Waals surface area contributed by atoms with Crippen molar-refractivity contribution in [2.24, 2.45) is 0 Å². The van der Waals surface area contributed by atoms with Crippen molar-refractivity contribution in [3.8, 4) is 22.8 Å². The summed E-state index contributed by atoms with van der Waals surface area (Å²) in [6, 6.07) is 16.8. The highest BCUT2D eigenvalue weighted by molar-refractivity contribution is 5.71. The van der Waals surface area contributed by atoms with E-state index >= 15 is 0 Å². The molecule has 27 heavy (non-hydrogen) atoms. The summed E-state index contributed by atoms with van der Waals surface area (Å²) < 4.78 is 11.1. The topological polar surface area (TPSA) is 113 Å². The van der Waals surface area contributed by atoms with Gasteiger partial charge in [0.1, 0.15) is 23.1 Å². The second-order valence-electron chi connectivity index (χ2n) is 5.96. The molecule has 4 N–H and O–H groups in total. The number of anilines is 2. The molecule has 7 nitrogen and oxygen atoms in total. The molecule has 3 heterocycles. The second-order valence-corrected chi connectivity index (χ2v) is 5.96. The van der Waals surface area contributed by atoms with Gasteiger partial charge in [0.05, 0.1) is 17.5 Å². The first-order valence-corrected chi connectivity index (χ1v) is 8.32. The van der Waals surface area contributed by atoms with Gasteiger partial charge in [-0.2, -0.15) is 0 Å². The van der Waals surface area contributed by atoms with Crippen LogP contribution >= 0.6 is 0 Å². The van der Waals surface area contributed by atoms with Crippen molar-refractivity contribution in [2.75, 3.05) is 11.5 Å². The highest BCUT2D eigenvalue weighted by Crippen LogP contribution is 2.27. The van der Waals surface area contributed by atoms with E-state index in [1.54, 1.807) is 24.5 Å². The fourth-order valence-corrected chi connectivity index (χ4v) is 2.65. The summed E-state index contributed by atoms with van der Waals surface area (Å²) in [7, 11) is 0. The normalized spacial score (nSPS) is 10.7. The van der Waals surface area contributed by atoms with Gasteiger partial charge in [0.2, 0.25) is 0 Å². The van der Waals surface area contributed by atoms with E-state index in [-0.39, 0.29) is 0 Å². The van der Waals surface area contributed by atoms with Crippen LogP contribution in [-0.2, 0) is 6.42 Å². The standard InChI is InChI=1S/C20H17N5O2/c21-19-8-7-17(20(22)24-19)18-11-14(25-27-18)10-13-3-5-15(6-4-13)26-16-2-1-9-23-12-16/h1-9,11-12H,10H2,(H4,21,22,24). The van der Waals surface area contributed by atoms with Gasteiger partial charge in [-0.3, -0.25) is 4.98 Å². The third-order valence-electron chi connectivity index (χ3n) is 3.95. The molecule has 0 aliphatic heterocycles. The molecule has 0 unspecified atom stereocenters. The molecule has 0 saturated carbocycles. The number of pyridine rings is 2. The zero-order chi connectivity index (χ0) is 18.6. The molecule has 0 aliphatic carbocycles. The van der Waals surface area contributed by atoms with Crippen molar-refractivity contribution in [3.05, 3.63) is 78.2 Å². The molecule has 134 valence electrons. The van der Waals surface area contributed by atoms with Gasteiger partial charge in [0.25, 0.3) is 0 Å². The van der Waals surface area contributed by atoms with E-state index in [1.165, 1.54) is 0 Å². The van der Waals surface area contributed by atoms with E-state index in [9.17, 15) is 0 Å². The molecule has 4 rings (SSSR count). The zero-order valence-electron chi connectivity index (χ0n) is 14.4. The van der Waals surface area contributed by atoms with Crippen molar-refractivity contribution < 1.29 is 9.26 Å². The number of hydrogen-bond acceptors (Lipinski definition) is 7. The molecule has 0 amide bonds. The van der Waals surface area contributed by atoms with Crippen LogP contribution in [0, 0.1) is 0 Å². The molecule has 0 bridgehead atoms. The zero-order valence-corrected chi connectivity index (χ0v) is 14.4. The third kappa shape index (κ3) is 3.87. The smallest absolute Gasteiger partial charge is 0.170 e. The first-order chi connectivity index (χ1) is 13.2. The monoisotopic (exact) mass is 359 g/mol. The molecular formula is C20H17N5O2. The lowest BCUT2D eigenvalue weighted by atomic mass is 10.1. The van der Waals surface area contributed by atoms with Gasteiger partial charge in [-0.05, 0) is 42.0 Å².